The lowest BCUT2D eigenvalue weighted by Crippen LogP contribution is -2.29. The maximum absolute atomic E-state index is 12.7. The summed E-state index contributed by atoms with van der Waals surface area (Å²) in [6.45, 7) is 4.43. The largest absolute Gasteiger partial charge is 0.472 e. The zero-order valence-corrected chi connectivity index (χ0v) is 39.7. The standard InChI is InChI=1S/C50H87O11P/c1-4-5-31-37-46(52)38-33-28-24-20-16-12-10-14-17-21-25-29-34-39-49(54)58-43-48(44-60-62(56,57)59-42-47(53)41-51)61-50(55)40-35-30-26-22-18-13-9-7-6-8-11-15-19-23-27-32-36-45(2)3/h5,12,14,16-17,24-25,28-29,31,33,38,45-48,51-53H,4,6-11,13,15,18-23,26-27,30,32,34-37,39-44H2,1-3H3,(H,56,57)/b16-12-,17-14-,28-24+,29-25-,31-5-,38-33+/t46?,47-,48+/m0/s1. The summed E-state index contributed by atoms with van der Waals surface area (Å²) in [7, 11) is -4.65. The quantitative estimate of drug-likeness (QED) is 0.0151. The van der Waals surface area contributed by atoms with Crippen molar-refractivity contribution in [3.8, 4) is 0 Å². The van der Waals surface area contributed by atoms with Crippen molar-refractivity contribution >= 4 is 19.8 Å². The Kier molecular flexibility index (Phi) is 41.8. The fourth-order valence-corrected chi connectivity index (χ4v) is 7.02. The van der Waals surface area contributed by atoms with Crippen molar-refractivity contribution in [2.24, 2.45) is 5.92 Å². The van der Waals surface area contributed by atoms with Gasteiger partial charge in [-0.15, -0.1) is 0 Å². The van der Waals surface area contributed by atoms with Crippen LogP contribution >= 0.6 is 7.82 Å². The minimum absolute atomic E-state index is 0.0988. The van der Waals surface area contributed by atoms with Gasteiger partial charge in [0.15, 0.2) is 6.10 Å². The first-order valence-electron chi connectivity index (χ1n) is 23.9. The molecule has 0 radical (unpaired) electrons. The molecule has 0 aliphatic heterocycles. The van der Waals surface area contributed by atoms with Gasteiger partial charge in [0.05, 0.1) is 25.9 Å². The molecule has 0 fully saturated rings. The second-order valence-electron chi connectivity index (χ2n) is 16.4. The van der Waals surface area contributed by atoms with Crippen LogP contribution in [0.4, 0.5) is 0 Å². The van der Waals surface area contributed by atoms with E-state index >= 15 is 0 Å². The number of rotatable bonds is 43. The van der Waals surface area contributed by atoms with Gasteiger partial charge in [-0.25, -0.2) is 4.57 Å². The lowest BCUT2D eigenvalue weighted by atomic mass is 10.0. The van der Waals surface area contributed by atoms with Crippen molar-refractivity contribution in [3.05, 3.63) is 72.9 Å². The number of hydrogen-bond acceptors (Lipinski definition) is 10. The van der Waals surface area contributed by atoms with Gasteiger partial charge in [-0.05, 0) is 50.9 Å². The van der Waals surface area contributed by atoms with E-state index in [1.54, 1.807) is 6.08 Å². The summed E-state index contributed by atoms with van der Waals surface area (Å²) >= 11 is 0. The van der Waals surface area contributed by atoms with Crippen LogP contribution in [0.5, 0.6) is 0 Å². The minimum atomic E-state index is -4.65. The third-order valence-corrected chi connectivity index (χ3v) is 10.8. The summed E-state index contributed by atoms with van der Waals surface area (Å²) < 4.78 is 32.7. The Morgan fingerprint density at radius 1 is 0.597 bits per heavy atom. The molecule has 11 nitrogen and oxygen atoms in total. The number of carbonyl (C=O) groups is 2. The van der Waals surface area contributed by atoms with E-state index in [9.17, 15) is 29.3 Å². The summed E-state index contributed by atoms with van der Waals surface area (Å²) in [5.41, 5.74) is 0. The van der Waals surface area contributed by atoms with Gasteiger partial charge >= 0.3 is 19.8 Å². The van der Waals surface area contributed by atoms with Gasteiger partial charge in [-0.2, -0.15) is 0 Å². The molecule has 0 saturated heterocycles. The number of allylic oxidation sites excluding steroid dienone is 10. The second-order valence-corrected chi connectivity index (χ2v) is 17.9. The van der Waals surface area contributed by atoms with Crippen LogP contribution < -0.4 is 0 Å². The average Bonchev–Trinajstić information content (AvgIpc) is 3.24. The first-order chi connectivity index (χ1) is 30.0. The summed E-state index contributed by atoms with van der Waals surface area (Å²) in [5, 5.41) is 28.2. The summed E-state index contributed by atoms with van der Waals surface area (Å²) in [5.74, 6) is -0.217. The molecule has 4 atom stereocenters. The maximum atomic E-state index is 12.7. The van der Waals surface area contributed by atoms with Crippen LogP contribution in [0.25, 0.3) is 0 Å². The van der Waals surface area contributed by atoms with Gasteiger partial charge in [0.1, 0.15) is 12.7 Å². The molecule has 12 heteroatoms. The number of aliphatic hydroxyl groups excluding tert-OH is 3. The van der Waals surface area contributed by atoms with E-state index in [1.807, 2.05) is 48.6 Å². The van der Waals surface area contributed by atoms with E-state index in [2.05, 4.69) is 43.5 Å². The van der Waals surface area contributed by atoms with Gasteiger partial charge in [-0.1, -0.05) is 196 Å². The van der Waals surface area contributed by atoms with Crippen LogP contribution in [0.2, 0.25) is 0 Å². The van der Waals surface area contributed by atoms with Crippen molar-refractivity contribution in [2.75, 3.05) is 26.4 Å². The molecule has 0 saturated carbocycles. The molecule has 0 aromatic carbocycles. The molecule has 0 rings (SSSR count). The van der Waals surface area contributed by atoms with Crippen molar-refractivity contribution < 1.29 is 52.9 Å². The van der Waals surface area contributed by atoms with E-state index in [-0.39, 0.29) is 19.4 Å². The number of carbonyl (C=O) groups excluding carboxylic acids is 2. The SMILES string of the molecule is CC/C=C\CC(O)/C=C/C=C/C/C=C\C/C=C\C/C=C\CCC(=O)OC[C@H](COP(=O)(O)OC[C@@H](O)CO)OC(=O)CCCCCCCCCCCCCCCCCCC(C)C. The van der Waals surface area contributed by atoms with Crippen LogP contribution in [0.15, 0.2) is 72.9 Å². The monoisotopic (exact) mass is 895 g/mol. The Balaban J connectivity index is 4.37. The van der Waals surface area contributed by atoms with Crippen molar-refractivity contribution in [1.82, 2.24) is 0 Å². The molecule has 0 heterocycles. The highest BCUT2D eigenvalue weighted by atomic mass is 31.2. The van der Waals surface area contributed by atoms with Gasteiger partial charge in [0, 0.05) is 12.8 Å². The molecular weight excluding hydrogens is 808 g/mol. The molecule has 0 bridgehead atoms. The molecule has 0 amide bonds. The predicted molar refractivity (Wildman–Crippen MR) is 252 cm³/mol. The fourth-order valence-electron chi connectivity index (χ4n) is 6.23. The number of phosphoric ester groups is 1. The number of hydrogen-bond donors (Lipinski definition) is 4. The van der Waals surface area contributed by atoms with E-state index in [0.717, 1.165) is 50.9 Å². The molecular formula is C50H87O11P. The lowest BCUT2D eigenvalue weighted by Gasteiger charge is -2.20. The predicted octanol–water partition coefficient (Wildman–Crippen LogP) is 12.1. The zero-order chi connectivity index (χ0) is 45.8. The number of unbranched alkanes of at least 4 members (excludes halogenated alkanes) is 15. The molecule has 2 unspecified atom stereocenters. The number of aliphatic hydroxyl groups is 3. The third kappa shape index (κ3) is 44.0. The van der Waals surface area contributed by atoms with Gasteiger partial charge < -0.3 is 29.7 Å². The topological polar surface area (TPSA) is 169 Å². The Bertz CT molecular complexity index is 1290. The van der Waals surface area contributed by atoms with Crippen LogP contribution in [0.3, 0.4) is 0 Å². The maximum Gasteiger partial charge on any atom is 0.472 e. The molecule has 4 N–H and O–H groups in total. The van der Waals surface area contributed by atoms with Crippen LogP contribution in [0, 0.1) is 5.92 Å². The molecule has 0 aliphatic rings. The summed E-state index contributed by atoms with van der Waals surface area (Å²) in [6, 6.07) is 0. The van der Waals surface area contributed by atoms with E-state index < -0.39 is 57.9 Å². The van der Waals surface area contributed by atoms with Crippen molar-refractivity contribution in [3.63, 3.8) is 0 Å². The fraction of sp³-hybridized carbons (Fsp3) is 0.720. The highest BCUT2D eigenvalue weighted by molar-refractivity contribution is 7.47. The van der Waals surface area contributed by atoms with Crippen molar-refractivity contribution in [2.45, 2.75) is 200 Å². The normalized spacial score (nSPS) is 15.0. The van der Waals surface area contributed by atoms with Crippen molar-refractivity contribution in [1.29, 1.82) is 0 Å². The smallest absolute Gasteiger partial charge is 0.462 e. The third-order valence-electron chi connectivity index (χ3n) is 9.90. The van der Waals surface area contributed by atoms with Crippen LogP contribution in [-0.4, -0.2) is 76.9 Å². The Morgan fingerprint density at radius 2 is 1.11 bits per heavy atom. The Morgan fingerprint density at radius 3 is 1.66 bits per heavy atom. The lowest BCUT2D eigenvalue weighted by molar-refractivity contribution is -0.161. The molecule has 358 valence electrons. The van der Waals surface area contributed by atoms with Crippen LogP contribution in [0.1, 0.15) is 181 Å². The zero-order valence-electron chi connectivity index (χ0n) is 38.8. The van der Waals surface area contributed by atoms with Crippen LogP contribution in [-0.2, 0) is 32.7 Å². The molecule has 0 aromatic rings. The van der Waals surface area contributed by atoms with Gasteiger partial charge in [0.2, 0.25) is 0 Å². The van der Waals surface area contributed by atoms with E-state index in [1.165, 1.54) is 83.5 Å². The number of esters is 2. The van der Waals surface area contributed by atoms with E-state index in [4.69, 9.17) is 19.1 Å². The highest BCUT2D eigenvalue weighted by Gasteiger charge is 2.27. The summed E-state index contributed by atoms with van der Waals surface area (Å²) in [4.78, 5) is 35.1. The van der Waals surface area contributed by atoms with Gasteiger partial charge in [-0.3, -0.25) is 18.6 Å². The second kappa shape index (κ2) is 43.6. The molecule has 0 aliphatic carbocycles. The first kappa shape index (κ1) is 59.4. The molecule has 0 aromatic heterocycles. The molecule has 0 spiro atoms. The Hall–Kier alpha value is -2.63. The summed E-state index contributed by atoms with van der Waals surface area (Å²) in [6.07, 6.45) is 46.4. The number of phosphoric acid groups is 1. The Labute approximate surface area is 376 Å². The molecule has 62 heavy (non-hydrogen) atoms. The van der Waals surface area contributed by atoms with E-state index in [0.29, 0.717) is 19.3 Å². The van der Waals surface area contributed by atoms with Gasteiger partial charge in [0.25, 0.3) is 0 Å². The first-order valence-corrected chi connectivity index (χ1v) is 25.4. The minimum Gasteiger partial charge on any atom is -0.462 e. The highest BCUT2D eigenvalue weighted by Crippen LogP contribution is 2.43. The average molecular weight is 895 g/mol. The number of ether oxygens (including phenoxy) is 2.